The van der Waals surface area contributed by atoms with Gasteiger partial charge < -0.3 is 0 Å². The van der Waals surface area contributed by atoms with Gasteiger partial charge in [0.25, 0.3) is 0 Å². The molecule has 1 aromatic heterocycles. The van der Waals surface area contributed by atoms with E-state index in [9.17, 15) is 0 Å². The zero-order chi connectivity index (χ0) is 9.68. The maximum Gasteiger partial charge on any atom is 0.227 e. The Labute approximate surface area is 87.2 Å². The summed E-state index contributed by atoms with van der Waals surface area (Å²) in [7, 11) is 0. The molecule has 0 aliphatic heterocycles. The topological polar surface area (TPSA) is 86.2 Å². The Balaban J connectivity index is 2.99. The van der Waals surface area contributed by atoms with Crippen LogP contribution >= 0.6 is 35.1 Å². The molecule has 0 unspecified atom stereocenters. The van der Waals surface area contributed by atoms with Gasteiger partial charge in [-0.25, -0.2) is 0 Å². The van der Waals surface area contributed by atoms with Gasteiger partial charge in [0.15, 0.2) is 0 Å². The van der Waals surface area contributed by atoms with Crippen molar-refractivity contribution in [1.29, 1.82) is 10.5 Å². The lowest BCUT2D eigenvalue weighted by molar-refractivity contribution is 0.805. The van der Waals surface area contributed by atoms with Crippen molar-refractivity contribution in [1.82, 2.24) is 15.0 Å². The molecule has 8 heteroatoms. The van der Waals surface area contributed by atoms with Crippen molar-refractivity contribution in [3.05, 3.63) is 5.28 Å². The molecular weight excluding hydrogens is 230 g/mol. The van der Waals surface area contributed by atoms with Crippen LogP contribution in [-0.2, 0) is 0 Å². The second-order valence-corrected chi connectivity index (χ2v) is 3.40. The fourth-order valence-electron chi connectivity index (χ4n) is 0.488. The molecule has 0 saturated carbocycles. The minimum absolute atomic E-state index is 0.0227. The molecule has 0 spiro atoms. The van der Waals surface area contributed by atoms with Crippen molar-refractivity contribution < 1.29 is 0 Å². The Bertz CT molecular complexity index is 361. The Morgan fingerprint density at radius 3 is 1.85 bits per heavy atom. The summed E-state index contributed by atoms with van der Waals surface area (Å²) < 4.78 is 0. The first-order chi connectivity index (χ1) is 6.26. The van der Waals surface area contributed by atoms with E-state index in [2.05, 4.69) is 15.0 Å². The molecule has 0 aliphatic rings. The van der Waals surface area contributed by atoms with Gasteiger partial charge in [-0.05, 0) is 11.6 Å². The zero-order valence-electron chi connectivity index (χ0n) is 5.93. The normalized spacial score (nSPS) is 8.85. The number of nitriles is 2. The molecule has 0 aromatic carbocycles. The van der Waals surface area contributed by atoms with Gasteiger partial charge in [0.1, 0.15) is 10.8 Å². The van der Waals surface area contributed by atoms with Crippen molar-refractivity contribution in [2.75, 3.05) is 0 Å². The van der Waals surface area contributed by atoms with E-state index in [1.54, 1.807) is 10.8 Å². The molecule has 0 fully saturated rings. The van der Waals surface area contributed by atoms with Gasteiger partial charge >= 0.3 is 0 Å². The van der Waals surface area contributed by atoms with E-state index < -0.39 is 0 Å². The number of rotatable bonds is 2. The first-order valence-corrected chi connectivity index (χ1v) is 4.81. The number of hydrogen-bond donors (Lipinski definition) is 0. The van der Waals surface area contributed by atoms with Crippen molar-refractivity contribution in [2.45, 2.75) is 10.3 Å². The lowest BCUT2D eigenvalue weighted by Crippen LogP contribution is -1.92. The highest BCUT2D eigenvalue weighted by molar-refractivity contribution is 8.04. The second-order valence-electron chi connectivity index (χ2n) is 1.56. The van der Waals surface area contributed by atoms with Crippen LogP contribution in [0.2, 0.25) is 5.28 Å². The van der Waals surface area contributed by atoms with Crippen molar-refractivity contribution >= 4 is 35.1 Å². The Morgan fingerprint density at radius 1 is 1.00 bits per heavy atom. The molecule has 13 heavy (non-hydrogen) atoms. The van der Waals surface area contributed by atoms with Crippen LogP contribution in [0.4, 0.5) is 0 Å². The third-order valence-electron chi connectivity index (χ3n) is 0.841. The average molecular weight is 230 g/mol. The van der Waals surface area contributed by atoms with Crippen LogP contribution in [0.3, 0.4) is 0 Å². The average Bonchev–Trinajstić information content (AvgIpc) is 2.04. The molecule has 0 saturated heterocycles. The van der Waals surface area contributed by atoms with E-state index in [0.717, 1.165) is 23.5 Å². The number of hydrogen-bond acceptors (Lipinski definition) is 7. The van der Waals surface area contributed by atoms with E-state index in [-0.39, 0.29) is 15.6 Å². The summed E-state index contributed by atoms with van der Waals surface area (Å²) in [5.41, 5.74) is 0. The summed E-state index contributed by atoms with van der Waals surface area (Å²) in [6.07, 6.45) is 0. The molecule has 0 amide bonds. The van der Waals surface area contributed by atoms with Crippen LogP contribution in [0.5, 0.6) is 0 Å². The number of nitrogens with zero attached hydrogens (tertiary/aromatic N) is 5. The number of aromatic nitrogens is 3. The largest absolute Gasteiger partial charge is 0.227 e. The van der Waals surface area contributed by atoms with Gasteiger partial charge in [-0.1, -0.05) is 0 Å². The first-order valence-electron chi connectivity index (χ1n) is 2.79. The summed E-state index contributed by atoms with van der Waals surface area (Å²) in [5.74, 6) is 0. The van der Waals surface area contributed by atoms with Crippen molar-refractivity contribution in [3.8, 4) is 10.8 Å². The molecule has 0 N–H and O–H groups in total. The highest BCUT2D eigenvalue weighted by Crippen LogP contribution is 2.18. The summed E-state index contributed by atoms with van der Waals surface area (Å²) in [5, 5.41) is 20.6. The van der Waals surface area contributed by atoms with Crippen LogP contribution in [0.25, 0.3) is 0 Å². The molecule has 1 heterocycles. The lowest BCUT2D eigenvalue weighted by Gasteiger charge is -1.95. The van der Waals surface area contributed by atoms with Crippen LogP contribution in [-0.4, -0.2) is 15.0 Å². The minimum Gasteiger partial charge on any atom is -0.194 e. The molecule has 5 nitrogen and oxygen atoms in total. The molecule has 64 valence electrons. The highest BCUT2D eigenvalue weighted by Gasteiger charge is 2.05. The van der Waals surface area contributed by atoms with Gasteiger partial charge in [0, 0.05) is 23.5 Å². The summed E-state index contributed by atoms with van der Waals surface area (Å²) in [6, 6.07) is 0. The fraction of sp³-hybridized carbons (Fsp3) is 0. The standard InChI is InChI=1S/C5ClN5S2/c6-3-9-4(12-1-7)11-5(10-3)13-2-8. The molecule has 0 atom stereocenters. The van der Waals surface area contributed by atoms with Gasteiger partial charge in [-0.3, -0.25) is 0 Å². The lowest BCUT2D eigenvalue weighted by atomic mass is 11.1. The van der Waals surface area contributed by atoms with Gasteiger partial charge in [0.2, 0.25) is 15.6 Å². The third kappa shape index (κ3) is 3.07. The van der Waals surface area contributed by atoms with Crippen LogP contribution in [0.15, 0.2) is 10.3 Å². The van der Waals surface area contributed by atoms with Gasteiger partial charge in [-0.15, -0.1) is 0 Å². The van der Waals surface area contributed by atoms with E-state index in [1.807, 2.05) is 0 Å². The number of thiocyanates is 2. The van der Waals surface area contributed by atoms with Crippen LogP contribution < -0.4 is 0 Å². The summed E-state index contributed by atoms with van der Waals surface area (Å²) >= 11 is 7.04. The van der Waals surface area contributed by atoms with E-state index in [0.29, 0.717) is 0 Å². The number of thioether (sulfide) groups is 2. The van der Waals surface area contributed by atoms with Crippen LogP contribution in [0.1, 0.15) is 0 Å². The first kappa shape index (κ1) is 10.1. The second kappa shape index (κ2) is 4.87. The van der Waals surface area contributed by atoms with Gasteiger partial charge in [-0.2, -0.15) is 25.5 Å². The van der Waals surface area contributed by atoms with Crippen molar-refractivity contribution in [2.24, 2.45) is 0 Å². The maximum absolute atomic E-state index is 8.33. The molecule has 0 bridgehead atoms. The predicted molar refractivity (Wildman–Crippen MR) is 47.8 cm³/mol. The van der Waals surface area contributed by atoms with E-state index in [1.165, 1.54) is 0 Å². The Kier molecular flexibility index (Phi) is 3.77. The Morgan fingerprint density at radius 2 is 1.46 bits per heavy atom. The van der Waals surface area contributed by atoms with Gasteiger partial charge in [0.05, 0.1) is 0 Å². The quantitative estimate of drug-likeness (QED) is 0.563. The minimum atomic E-state index is -0.0227. The summed E-state index contributed by atoms with van der Waals surface area (Å²) in [4.78, 5) is 11.1. The SMILES string of the molecule is N#CSc1nc(Cl)nc(SC#N)n1. The molecule has 0 radical (unpaired) electrons. The monoisotopic (exact) mass is 229 g/mol. The highest BCUT2D eigenvalue weighted by atomic mass is 35.5. The maximum atomic E-state index is 8.33. The fourth-order valence-corrected chi connectivity index (χ4v) is 1.50. The smallest absolute Gasteiger partial charge is 0.194 e. The zero-order valence-corrected chi connectivity index (χ0v) is 8.32. The molecule has 1 aromatic rings. The Hall–Kier alpha value is -1.02. The van der Waals surface area contributed by atoms with Crippen molar-refractivity contribution in [3.63, 3.8) is 0 Å². The molecular formula is C5ClN5S2. The molecule has 1 rings (SSSR count). The predicted octanol–water partition coefficient (Wildman–Crippen LogP) is 1.67. The van der Waals surface area contributed by atoms with E-state index >= 15 is 0 Å². The number of halogens is 1. The summed E-state index contributed by atoms with van der Waals surface area (Å²) in [6.45, 7) is 0. The third-order valence-corrected chi connectivity index (χ3v) is 1.92. The molecule has 0 aliphatic carbocycles. The van der Waals surface area contributed by atoms with Crippen LogP contribution in [0, 0.1) is 21.3 Å². The van der Waals surface area contributed by atoms with E-state index in [4.69, 9.17) is 22.1 Å².